The van der Waals surface area contributed by atoms with Gasteiger partial charge in [0.1, 0.15) is 0 Å². The van der Waals surface area contributed by atoms with Gasteiger partial charge in [-0.05, 0) is 25.8 Å². The Bertz CT molecular complexity index is 305. The SMILES string of the molecule is O=C(N1CCOCC1)N1CCCN2CCCC2C1. The summed E-state index contributed by atoms with van der Waals surface area (Å²) in [5.41, 5.74) is 0. The summed E-state index contributed by atoms with van der Waals surface area (Å²) in [6.07, 6.45) is 3.67. The first-order valence-electron chi connectivity index (χ1n) is 7.20. The molecule has 18 heavy (non-hydrogen) atoms. The van der Waals surface area contributed by atoms with Crippen LogP contribution in [0.2, 0.25) is 0 Å². The highest BCUT2D eigenvalue weighted by Gasteiger charge is 2.32. The number of hydrogen-bond donors (Lipinski definition) is 0. The molecule has 0 aromatic carbocycles. The fraction of sp³-hybridized carbons (Fsp3) is 0.923. The molecule has 3 fully saturated rings. The van der Waals surface area contributed by atoms with E-state index in [4.69, 9.17) is 4.74 Å². The summed E-state index contributed by atoms with van der Waals surface area (Å²) in [4.78, 5) is 19.1. The van der Waals surface area contributed by atoms with Crippen LogP contribution in [-0.4, -0.2) is 79.3 Å². The number of hydrogen-bond acceptors (Lipinski definition) is 3. The van der Waals surface area contributed by atoms with E-state index in [1.54, 1.807) is 0 Å². The van der Waals surface area contributed by atoms with Gasteiger partial charge in [0.2, 0.25) is 0 Å². The average Bonchev–Trinajstić information content (AvgIpc) is 2.76. The number of urea groups is 1. The quantitative estimate of drug-likeness (QED) is 0.634. The lowest BCUT2D eigenvalue weighted by atomic mass is 10.2. The molecule has 0 aromatic rings. The summed E-state index contributed by atoms with van der Waals surface area (Å²) in [6.45, 7) is 7.12. The average molecular weight is 253 g/mol. The Morgan fingerprint density at radius 3 is 2.56 bits per heavy atom. The van der Waals surface area contributed by atoms with Crippen LogP contribution in [0.5, 0.6) is 0 Å². The minimum absolute atomic E-state index is 0.229. The van der Waals surface area contributed by atoms with Gasteiger partial charge in [-0.25, -0.2) is 4.79 Å². The number of carbonyl (C=O) groups excluding carboxylic acids is 1. The summed E-state index contributed by atoms with van der Waals surface area (Å²) < 4.78 is 5.31. The Morgan fingerprint density at radius 1 is 0.944 bits per heavy atom. The topological polar surface area (TPSA) is 36.0 Å². The molecule has 1 atom stereocenters. The molecule has 0 aromatic heterocycles. The lowest BCUT2D eigenvalue weighted by Crippen LogP contribution is -2.50. The molecule has 1 unspecified atom stereocenters. The lowest BCUT2D eigenvalue weighted by molar-refractivity contribution is 0.0427. The Labute approximate surface area is 109 Å². The highest BCUT2D eigenvalue weighted by atomic mass is 16.5. The largest absolute Gasteiger partial charge is 0.378 e. The molecule has 5 heteroatoms. The molecule has 0 spiro atoms. The van der Waals surface area contributed by atoms with E-state index < -0.39 is 0 Å². The first-order chi connectivity index (χ1) is 8.84. The van der Waals surface area contributed by atoms with E-state index in [0.29, 0.717) is 19.3 Å². The van der Waals surface area contributed by atoms with Crippen LogP contribution in [0.4, 0.5) is 4.79 Å². The number of ether oxygens (including phenoxy) is 1. The monoisotopic (exact) mass is 253 g/mol. The third-order valence-electron chi connectivity index (χ3n) is 4.36. The molecule has 0 bridgehead atoms. The van der Waals surface area contributed by atoms with Gasteiger partial charge in [0.15, 0.2) is 0 Å². The van der Waals surface area contributed by atoms with Crippen molar-refractivity contribution in [1.82, 2.24) is 14.7 Å². The van der Waals surface area contributed by atoms with Gasteiger partial charge in [-0.1, -0.05) is 0 Å². The van der Waals surface area contributed by atoms with E-state index in [1.165, 1.54) is 19.4 Å². The van der Waals surface area contributed by atoms with Crippen LogP contribution < -0.4 is 0 Å². The molecule has 0 N–H and O–H groups in total. The van der Waals surface area contributed by atoms with Gasteiger partial charge in [0, 0.05) is 38.8 Å². The van der Waals surface area contributed by atoms with Gasteiger partial charge < -0.3 is 14.5 Å². The zero-order chi connectivity index (χ0) is 12.4. The third-order valence-corrected chi connectivity index (χ3v) is 4.36. The second-order valence-corrected chi connectivity index (χ2v) is 5.51. The molecular formula is C13H23N3O2. The predicted molar refractivity (Wildman–Crippen MR) is 68.6 cm³/mol. The Kier molecular flexibility index (Phi) is 3.70. The Morgan fingerprint density at radius 2 is 1.72 bits per heavy atom. The first-order valence-corrected chi connectivity index (χ1v) is 7.20. The van der Waals surface area contributed by atoms with Crippen molar-refractivity contribution in [3.05, 3.63) is 0 Å². The van der Waals surface area contributed by atoms with E-state index in [2.05, 4.69) is 9.80 Å². The maximum absolute atomic E-state index is 12.5. The van der Waals surface area contributed by atoms with Crippen molar-refractivity contribution in [3.8, 4) is 0 Å². The highest BCUT2D eigenvalue weighted by Crippen LogP contribution is 2.22. The number of nitrogens with zero attached hydrogens (tertiary/aromatic N) is 3. The van der Waals surface area contributed by atoms with E-state index in [9.17, 15) is 4.79 Å². The van der Waals surface area contributed by atoms with Gasteiger partial charge in [0.25, 0.3) is 0 Å². The maximum Gasteiger partial charge on any atom is 0.320 e. The van der Waals surface area contributed by atoms with Gasteiger partial charge >= 0.3 is 6.03 Å². The smallest absolute Gasteiger partial charge is 0.320 e. The van der Waals surface area contributed by atoms with Crippen molar-refractivity contribution >= 4 is 6.03 Å². The van der Waals surface area contributed by atoms with Crippen LogP contribution in [0, 0.1) is 0 Å². The van der Waals surface area contributed by atoms with Gasteiger partial charge in [-0.3, -0.25) is 4.90 Å². The van der Waals surface area contributed by atoms with Crippen molar-refractivity contribution in [1.29, 1.82) is 0 Å². The fourth-order valence-electron chi connectivity index (χ4n) is 3.34. The minimum atomic E-state index is 0.229. The molecule has 0 saturated carbocycles. The second-order valence-electron chi connectivity index (χ2n) is 5.51. The van der Waals surface area contributed by atoms with Crippen molar-refractivity contribution < 1.29 is 9.53 Å². The standard InChI is InChI=1S/C13H23N3O2/c17-13(15-7-9-18-10-8-15)16-6-2-5-14-4-1-3-12(14)11-16/h12H,1-11H2. The van der Waals surface area contributed by atoms with E-state index in [1.807, 2.05) is 4.90 Å². The normalized spacial score (nSPS) is 30.1. The molecule has 3 aliphatic heterocycles. The Hall–Kier alpha value is -0.810. The highest BCUT2D eigenvalue weighted by molar-refractivity contribution is 5.74. The zero-order valence-electron chi connectivity index (χ0n) is 11.0. The Balaban J connectivity index is 1.61. The molecule has 3 heterocycles. The number of rotatable bonds is 0. The van der Waals surface area contributed by atoms with Crippen LogP contribution in [0.15, 0.2) is 0 Å². The number of amides is 2. The summed E-state index contributed by atoms with van der Waals surface area (Å²) >= 11 is 0. The second kappa shape index (κ2) is 5.45. The number of fused-ring (bicyclic) bond motifs is 1. The van der Waals surface area contributed by atoms with Crippen molar-refractivity contribution in [2.75, 3.05) is 52.5 Å². The lowest BCUT2D eigenvalue weighted by Gasteiger charge is -2.33. The zero-order valence-corrected chi connectivity index (χ0v) is 11.0. The fourth-order valence-corrected chi connectivity index (χ4v) is 3.34. The molecule has 3 rings (SSSR count). The molecule has 3 saturated heterocycles. The molecule has 5 nitrogen and oxygen atoms in total. The van der Waals surface area contributed by atoms with E-state index in [0.717, 1.165) is 39.1 Å². The summed E-state index contributed by atoms with van der Waals surface area (Å²) in [6, 6.07) is 0.838. The third kappa shape index (κ3) is 2.47. The van der Waals surface area contributed by atoms with Crippen molar-refractivity contribution in [2.45, 2.75) is 25.3 Å². The van der Waals surface area contributed by atoms with Crippen LogP contribution in [0.25, 0.3) is 0 Å². The van der Waals surface area contributed by atoms with E-state index >= 15 is 0 Å². The van der Waals surface area contributed by atoms with Crippen molar-refractivity contribution in [3.63, 3.8) is 0 Å². The molecule has 0 radical (unpaired) electrons. The van der Waals surface area contributed by atoms with Gasteiger partial charge in [-0.15, -0.1) is 0 Å². The molecule has 3 aliphatic rings. The summed E-state index contributed by atoms with van der Waals surface area (Å²) in [7, 11) is 0. The number of morpholine rings is 1. The van der Waals surface area contributed by atoms with Crippen LogP contribution in [-0.2, 0) is 4.74 Å². The minimum Gasteiger partial charge on any atom is -0.378 e. The van der Waals surface area contributed by atoms with Crippen LogP contribution >= 0.6 is 0 Å². The van der Waals surface area contributed by atoms with E-state index in [-0.39, 0.29) is 6.03 Å². The summed E-state index contributed by atoms with van der Waals surface area (Å²) in [5, 5.41) is 0. The summed E-state index contributed by atoms with van der Waals surface area (Å²) in [5.74, 6) is 0. The van der Waals surface area contributed by atoms with Gasteiger partial charge in [-0.2, -0.15) is 0 Å². The predicted octanol–water partition coefficient (Wildman–Crippen LogP) is 0.609. The first kappa shape index (κ1) is 12.2. The van der Waals surface area contributed by atoms with Gasteiger partial charge in [0.05, 0.1) is 13.2 Å². The van der Waals surface area contributed by atoms with Crippen LogP contribution in [0.3, 0.4) is 0 Å². The number of carbonyl (C=O) groups is 1. The van der Waals surface area contributed by atoms with Crippen molar-refractivity contribution in [2.24, 2.45) is 0 Å². The molecular weight excluding hydrogens is 230 g/mol. The molecule has 0 aliphatic carbocycles. The molecule has 102 valence electrons. The maximum atomic E-state index is 12.5. The molecule has 2 amide bonds. The van der Waals surface area contributed by atoms with Crippen LogP contribution in [0.1, 0.15) is 19.3 Å².